The Bertz CT molecular complexity index is 1470. The van der Waals surface area contributed by atoms with Gasteiger partial charge in [0.15, 0.2) is 0 Å². The number of ether oxygens (including phenoxy) is 6. The van der Waals surface area contributed by atoms with Gasteiger partial charge in [0.25, 0.3) is 0 Å². The predicted molar refractivity (Wildman–Crippen MR) is 187 cm³/mol. The normalized spacial score (nSPS) is 21.1. The highest BCUT2D eigenvalue weighted by atomic mass is 16.6. The molecule has 2 amide bonds. The summed E-state index contributed by atoms with van der Waals surface area (Å²) in [5.41, 5.74) is 2.15. The van der Waals surface area contributed by atoms with Crippen molar-refractivity contribution in [1.82, 2.24) is 10.6 Å². The Labute approximate surface area is 294 Å². The summed E-state index contributed by atoms with van der Waals surface area (Å²) < 4.78 is 36.6. The first-order valence-electron chi connectivity index (χ1n) is 16.9. The summed E-state index contributed by atoms with van der Waals surface area (Å²) in [7, 11) is 1.26. The highest BCUT2D eigenvalue weighted by Crippen LogP contribution is 2.31. The average molecular weight is 691 g/mol. The number of amides is 2. The van der Waals surface area contributed by atoms with Crippen molar-refractivity contribution in [3.63, 3.8) is 0 Å². The van der Waals surface area contributed by atoms with E-state index in [1.165, 1.54) is 14.0 Å². The molecular formula is C39H50N2O9. The fraction of sp³-hybridized carbons (Fsp3) is 0.462. The molecule has 0 aliphatic carbocycles. The Kier molecular flexibility index (Phi) is 14.8. The Morgan fingerprint density at radius 1 is 0.760 bits per heavy atom. The number of methoxy groups -OCH3 is 1. The average Bonchev–Trinajstić information content (AvgIpc) is 3.09. The van der Waals surface area contributed by atoms with Crippen LogP contribution >= 0.6 is 0 Å². The summed E-state index contributed by atoms with van der Waals surface area (Å²) in [5.74, 6) is -0.916. The number of rotatable bonds is 16. The largest absolute Gasteiger partial charge is 0.467 e. The van der Waals surface area contributed by atoms with Crippen LogP contribution < -0.4 is 10.6 Å². The van der Waals surface area contributed by atoms with Gasteiger partial charge in [-0.3, -0.25) is 4.79 Å². The monoisotopic (exact) mass is 690 g/mol. The molecule has 0 saturated carbocycles. The molecule has 1 saturated heterocycles. The molecule has 11 heteroatoms. The molecule has 3 aromatic carbocycles. The minimum atomic E-state index is -1.03. The van der Waals surface area contributed by atoms with Gasteiger partial charge in [-0.25, -0.2) is 9.59 Å². The Morgan fingerprint density at radius 2 is 1.28 bits per heavy atom. The predicted octanol–water partition coefficient (Wildman–Crippen LogP) is 5.49. The molecular weight excluding hydrogens is 640 g/mol. The van der Waals surface area contributed by atoms with E-state index < -0.39 is 54.2 Å². The van der Waals surface area contributed by atoms with Gasteiger partial charge in [0.1, 0.15) is 30.0 Å². The molecule has 11 nitrogen and oxygen atoms in total. The molecule has 0 unspecified atom stereocenters. The van der Waals surface area contributed by atoms with E-state index in [4.69, 9.17) is 28.4 Å². The number of carbonyl (C=O) groups excluding carboxylic acids is 3. The third-order valence-corrected chi connectivity index (χ3v) is 8.04. The number of esters is 1. The molecule has 6 atom stereocenters. The molecule has 50 heavy (non-hydrogen) atoms. The van der Waals surface area contributed by atoms with Gasteiger partial charge in [0.05, 0.1) is 45.7 Å². The van der Waals surface area contributed by atoms with Crippen molar-refractivity contribution in [1.29, 1.82) is 0 Å². The minimum absolute atomic E-state index is 0.130. The topological polar surface area (TPSA) is 131 Å². The number of hydrogen-bond acceptors (Lipinski definition) is 9. The van der Waals surface area contributed by atoms with E-state index in [9.17, 15) is 14.4 Å². The molecule has 0 bridgehead atoms. The van der Waals surface area contributed by atoms with Crippen LogP contribution in [-0.4, -0.2) is 73.8 Å². The summed E-state index contributed by atoms with van der Waals surface area (Å²) in [6.45, 7) is 7.68. The molecule has 1 aliphatic heterocycles. The van der Waals surface area contributed by atoms with Crippen molar-refractivity contribution in [2.24, 2.45) is 0 Å². The van der Waals surface area contributed by atoms with Crippen LogP contribution in [0, 0.1) is 0 Å². The maximum atomic E-state index is 12.8. The first kappa shape index (κ1) is 38.5. The molecule has 0 aromatic heterocycles. The lowest BCUT2D eigenvalue weighted by Gasteiger charge is -2.47. The quantitative estimate of drug-likeness (QED) is 0.187. The molecule has 0 radical (unpaired) electrons. The summed E-state index contributed by atoms with van der Waals surface area (Å²) in [6, 6.07) is 27.6. The molecule has 2 N–H and O–H groups in total. The smallest absolute Gasteiger partial charge is 0.408 e. The molecule has 1 fully saturated rings. The third kappa shape index (κ3) is 12.5. The molecule has 270 valence electrons. The van der Waals surface area contributed by atoms with E-state index in [-0.39, 0.29) is 38.6 Å². The fourth-order valence-electron chi connectivity index (χ4n) is 5.78. The minimum Gasteiger partial charge on any atom is -0.467 e. The summed E-state index contributed by atoms with van der Waals surface area (Å²) >= 11 is 0. The Balaban J connectivity index is 1.63. The summed E-state index contributed by atoms with van der Waals surface area (Å²) in [6.07, 6.45) is -2.98. The van der Waals surface area contributed by atoms with Gasteiger partial charge in [-0.1, -0.05) is 91.0 Å². The first-order valence-corrected chi connectivity index (χ1v) is 16.9. The SMILES string of the molecule is COC(=O)[C@H](CC[C@@H]1O[C@H](COCc2ccccc2)[C@@H](OCc2ccccc2)[C@H](OCc2ccccc2)[C@H]1NC(C)=O)NC(=O)OC(C)(C)C. The number of hydrogen-bond donors (Lipinski definition) is 2. The van der Waals surface area contributed by atoms with Gasteiger partial charge in [0, 0.05) is 6.92 Å². The lowest BCUT2D eigenvalue weighted by atomic mass is 9.89. The Morgan fingerprint density at radius 3 is 1.78 bits per heavy atom. The first-order chi connectivity index (χ1) is 24.0. The van der Waals surface area contributed by atoms with Gasteiger partial charge >= 0.3 is 12.1 Å². The van der Waals surface area contributed by atoms with Gasteiger partial charge in [0.2, 0.25) is 5.91 Å². The zero-order valence-corrected chi connectivity index (χ0v) is 29.5. The molecule has 1 heterocycles. The highest BCUT2D eigenvalue weighted by Gasteiger charge is 2.48. The number of carbonyl (C=O) groups is 3. The van der Waals surface area contributed by atoms with Crippen molar-refractivity contribution >= 4 is 18.0 Å². The lowest BCUT2D eigenvalue weighted by molar-refractivity contribution is -0.233. The molecule has 1 aliphatic rings. The van der Waals surface area contributed by atoms with E-state index in [2.05, 4.69) is 10.6 Å². The second kappa shape index (κ2) is 19.2. The van der Waals surface area contributed by atoms with Crippen molar-refractivity contribution in [2.75, 3.05) is 13.7 Å². The summed E-state index contributed by atoms with van der Waals surface area (Å²) in [4.78, 5) is 38.2. The van der Waals surface area contributed by atoms with Crippen molar-refractivity contribution < 1.29 is 42.8 Å². The van der Waals surface area contributed by atoms with Crippen molar-refractivity contribution in [2.45, 2.75) is 102 Å². The van der Waals surface area contributed by atoms with Crippen molar-refractivity contribution in [3.05, 3.63) is 108 Å². The van der Waals surface area contributed by atoms with E-state index in [0.29, 0.717) is 6.61 Å². The van der Waals surface area contributed by atoms with Crippen LogP contribution in [0.5, 0.6) is 0 Å². The van der Waals surface area contributed by atoms with E-state index in [0.717, 1.165) is 16.7 Å². The third-order valence-electron chi connectivity index (χ3n) is 8.04. The van der Waals surface area contributed by atoms with E-state index in [1.807, 2.05) is 91.0 Å². The standard InChI is InChI=1S/C39H50N2O9/c1-27(42)40-34-32(22-21-31(37(43)45-5)41-38(44)50-39(2,3)4)49-33(26-46-23-28-15-9-6-10-16-28)35(47-24-29-17-11-7-12-18-29)36(34)48-25-30-19-13-8-14-20-30/h6-20,31-36H,21-26H2,1-5H3,(H,40,42)(H,41,44)/t31-,32-,33+,34-,35+,36+/m0/s1. The highest BCUT2D eigenvalue weighted by molar-refractivity contribution is 5.81. The zero-order chi connectivity index (χ0) is 35.9. The van der Waals surface area contributed by atoms with Gasteiger partial charge in [-0.05, 0) is 50.3 Å². The number of benzene rings is 3. The van der Waals surface area contributed by atoms with E-state index in [1.54, 1.807) is 20.8 Å². The van der Waals surface area contributed by atoms with Gasteiger partial charge in [-0.2, -0.15) is 0 Å². The summed E-state index contributed by atoms with van der Waals surface area (Å²) in [5, 5.41) is 5.68. The van der Waals surface area contributed by atoms with Gasteiger partial charge < -0.3 is 39.1 Å². The zero-order valence-electron chi connectivity index (χ0n) is 29.5. The van der Waals surface area contributed by atoms with Crippen LogP contribution in [0.2, 0.25) is 0 Å². The van der Waals surface area contributed by atoms with Crippen molar-refractivity contribution in [3.8, 4) is 0 Å². The van der Waals surface area contributed by atoms with Crippen LogP contribution in [0.1, 0.15) is 57.2 Å². The maximum absolute atomic E-state index is 12.8. The second-order valence-electron chi connectivity index (χ2n) is 13.3. The van der Waals surface area contributed by atoms with Crippen LogP contribution in [0.25, 0.3) is 0 Å². The van der Waals surface area contributed by atoms with Gasteiger partial charge in [-0.15, -0.1) is 0 Å². The lowest BCUT2D eigenvalue weighted by Crippen LogP contribution is -2.65. The van der Waals surface area contributed by atoms with Crippen LogP contribution in [0.4, 0.5) is 4.79 Å². The molecule has 3 aromatic rings. The maximum Gasteiger partial charge on any atom is 0.408 e. The fourth-order valence-corrected chi connectivity index (χ4v) is 5.78. The van der Waals surface area contributed by atoms with Crippen LogP contribution in [0.3, 0.4) is 0 Å². The van der Waals surface area contributed by atoms with E-state index >= 15 is 0 Å². The Hall–Kier alpha value is -4.29. The number of alkyl carbamates (subject to hydrolysis) is 1. The van der Waals surface area contributed by atoms with Crippen LogP contribution in [0.15, 0.2) is 91.0 Å². The second-order valence-corrected chi connectivity index (χ2v) is 13.3. The molecule has 0 spiro atoms. The number of nitrogens with one attached hydrogen (secondary N) is 2. The van der Waals surface area contributed by atoms with Crippen LogP contribution in [-0.2, 0) is 57.8 Å². The molecule has 4 rings (SSSR count).